The minimum absolute atomic E-state index is 0.0244. The van der Waals surface area contributed by atoms with Crippen LogP contribution in [0.5, 0.6) is 5.88 Å². The predicted molar refractivity (Wildman–Crippen MR) is 97.5 cm³/mol. The number of urea groups is 1. The van der Waals surface area contributed by atoms with Gasteiger partial charge in [0.25, 0.3) is 0 Å². The van der Waals surface area contributed by atoms with Gasteiger partial charge in [-0.1, -0.05) is 6.07 Å². The van der Waals surface area contributed by atoms with Crippen molar-refractivity contribution in [1.82, 2.24) is 9.88 Å². The van der Waals surface area contributed by atoms with Crippen LogP contribution in [0.4, 0.5) is 10.5 Å². The third kappa shape index (κ3) is 4.26. The summed E-state index contributed by atoms with van der Waals surface area (Å²) in [5.41, 5.74) is 3.10. The molecule has 1 aliphatic heterocycles. The number of aryl methyl sites for hydroxylation is 2. The number of carbonyl (C=O) groups is 1. The molecule has 0 saturated carbocycles. The van der Waals surface area contributed by atoms with E-state index in [-0.39, 0.29) is 12.1 Å². The largest absolute Gasteiger partial charge is 0.472 e. The zero-order valence-electron chi connectivity index (χ0n) is 13.8. The van der Waals surface area contributed by atoms with Gasteiger partial charge in [0, 0.05) is 35.4 Å². The third-order valence-electron chi connectivity index (χ3n) is 3.89. The van der Waals surface area contributed by atoms with E-state index in [0.29, 0.717) is 19.0 Å². The van der Waals surface area contributed by atoms with Crippen LogP contribution in [-0.2, 0) is 0 Å². The van der Waals surface area contributed by atoms with Crippen molar-refractivity contribution in [3.05, 3.63) is 52.1 Å². The fraction of sp³-hybridized carbons (Fsp3) is 0.333. The molecule has 1 fully saturated rings. The van der Waals surface area contributed by atoms with Gasteiger partial charge in [0.2, 0.25) is 5.88 Å². The molecular weight excluding hydrogens is 370 g/mol. The molecule has 1 aromatic heterocycles. The topological polar surface area (TPSA) is 54.5 Å². The van der Waals surface area contributed by atoms with Gasteiger partial charge in [0.1, 0.15) is 6.10 Å². The quantitative estimate of drug-likeness (QED) is 0.857. The van der Waals surface area contributed by atoms with Gasteiger partial charge in [-0.05, 0) is 59.1 Å². The summed E-state index contributed by atoms with van der Waals surface area (Å²) >= 11 is 3.35. The van der Waals surface area contributed by atoms with E-state index >= 15 is 0 Å². The van der Waals surface area contributed by atoms with E-state index < -0.39 is 0 Å². The van der Waals surface area contributed by atoms with Crippen molar-refractivity contribution in [3.63, 3.8) is 0 Å². The molecule has 3 rings (SSSR count). The third-order valence-corrected chi connectivity index (χ3v) is 4.36. The summed E-state index contributed by atoms with van der Waals surface area (Å²) in [6.45, 7) is 5.29. The fourth-order valence-corrected chi connectivity index (χ4v) is 3.10. The van der Waals surface area contributed by atoms with Gasteiger partial charge >= 0.3 is 6.03 Å². The van der Waals surface area contributed by atoms with Crippen molar-refractivity contribution in [3.8, 4) is 5.88 Å². The van der Waals surface area contributed by atoms with E-state index in [1.54, 1.807) is 11.1 Å². The van der Waals surface area contributed by atoms with Crippen molar-refractivity contribution in [2.75, 3.05) is 18.4 Å². The van der Waals surface area contributed by atoms with Gasteiger partial charge < -0.3 is 15.0 Å². The molecule has 0 radical (unpaired) electrons. The molecule has 2 aromatic rings. The minimum Gasteiger partial charge on any atom is -0.472 e. The molecule has 1 aliphatic rings. The van der Waals surface area contributed by atoms with E-state index in [0.717, 1.165) is 27.7 Å². The van der Waals surface area contributed by atoms with Crippen LogP contribution in [0.3, 0.4) is 0 Å². The molecule has 126 valence electrons. The van der Waals surface area contributed by atoms with E-state index in [9.17, 15) is 4.79 Å². The van der Waals surface area contributed by atoms with E-state index in [1.165, 1.54) is 0 Å². The maximum Gasteiger partial charge on any atom is 0.321 e. The maximum atomic E-state index is 12.4. The van der Waals surface area contributed by atoms with Crippen LogP contribution in [0, 0.1) is 13.8 Å². The van der Waals surface area contributed by atoms with Crippen LogP contribution in [-0.4, -0.2) is 35.1 Å². The lowest BCUT2D eigenvalue weighted by molar-refractivity contribution is 0.190. The Morgan fingerprint density at radius 3 is 2.71 bits per heavy atom. The molecule has 1 aromatic carbocycles. The van der Waals surface area contributed by atoms with Gasteiger partial charge in [0.05, 0.1) is 6.54 Å². The number of aromatic nitrogens is 1. The summed E-state index contributed by atoms with van der Waals surface area (Å²) in [7, 11) is 0. The first-order valence-corrected chi connectivity index (χ1v) is 8.71. The normalized spacial score (nSPS) is 17.0. The molecular formula is C18H20BrN3O2. The second-order valence-corrected chi connectivity index (χ2v) is 7.01. The Hall–Kier alpha value is -2.08. The zero-order chi connectivity index (χ0) is 17.1. The second-order valence-electron chi connectivity index (χ2n) is 6.10. The first-order valence-electron chi connectivity index (χ1n) is 7.92. The van der Waals surface area contributed by atoms with Crippen LogP contribution in [0.25, 0.3) is 0 Å². The van der Waals surface area contributed by atoms with Crippen LogP contribution < -0.4 is 10.1 Å². The SMILES string of the molecule is Cc1cc(C)cc(NC(=O)N2CCC(Oc3ccc(Br)cn3)C2)c1. The van der Waals surface area contributed by atoms with Crippen molar-refractivity contribution < 1.29 is 9.53 Å². The molecule has 2 heterocycles. The highest BCUT2D eigenvalue weighted by Gasteiger charge is 2.28. The van der Waals surface area contributed by atoms with Crippen LogP contribution in [0.1, 0.15) is 17.5 Å². The zero-order valence-corrected chi connectivity index (χ0v) is 15.3. The minimum atomic E-state index is -0.0881. The molecule has 24 heavy (non-hydrogen) atoms. The number of carbonyl (C=O) groups excluding carboxylic acids is 1. The molecule has 0 aliphatic carbocycles. The Labute approximate surface area is 150 Å². The summed E-state index contributed by atoms with van der Waals surface area (Å²) in [4.78, 5) is 18.4. The average molecular weight is 390 g/mol. The first kappa shape index (κ1) is 16.8. The molecule has 5 nitrogen and oxygen atoms in total. The number of hydrogen-bond donors (Lipinski definition) is 1. The standard InChI is InChI=1S/C18H20BrN3O2/c1-12-7-13(2)9-15(8-12)21-18(23)22-6-5-16(11-22)24-17-4-3-14(19)10-20-17/h3-4,7-10,16H,5-6,11H2,1-2H3,(H,21,23). The number of nitrogens with one attached hydrogen (secondary N) is 1. The summed E-state index contributed by atoms with van der Waals surface area (Å²) in [6, 6.07) is 9.65. The number of likely N-dealkylation sites (tertiary alicyclic amines) is 1. The van der Waals surface area contributed by atoms with Gasteiger partial charge in [-0.25, -0.2) is 9.78 Å². The molecule has 0 spiro atoms. The summed E-state index contributed by atoms with van der Waals surface area (Å²) in [5.74, 6) is 0.583. The van der Waals surface area contributed by atoms with Crippen molar-refractivity contribution in [2.45, 2.75) is 26.4 Å². The number of rotatable bonds is 3. The van der Waals surface area contributed by atoms with Crippen molar-refractivity contribution in [2.24, 2.45) is 0 Å². The Morgan fingerprint density at radius 2 is 2.04 bits per heavy atom. The molecule has 1 N–H and O–H groups in total. The Morgan fingerprint density at radius 1 is 1.29 bits per heavy atom. The van der Waals surface area contributed by atoms with Crippen molar-refractivity contribution in [1.29, 1.82) is 0 Å². The number of anilines is 1. The number of hydrogen-bond acceptors (Lipinski definition) is 3. The Kier molecular flexibility index (Phi) is 5.04. The Balaban J connectivity index is 1.56. The first-order chi connectivity index (χ1) is 11.5. The number of ether oxygens (including phenoxy) is 1. The van der Waals surface area contributed by atoms with Crippen LogP contribution >= 0.6 is 15.9 Å². The highest BCUT2D eigenvalue weighted by molar-refractivity contribution is 9.10. The summed E-state index contributed by atoms with van der Waals surface area (Å²) < 4.78 is 6.76. The molecule has 2 amide bonds. The lowest BCUT2D eigenvalue weighted by Gasteiger charge is -2.18. The number of pyridine rings is 1. The van der Waals surface area contributed by atoms with Crippen LogP contribution in [0.2, 0.25) is 0 Å². The lowest BCUT2D eigenvalue weighted by atomic mass is 10.1. The number of halogens is 1. The highest BCUT2D eigenvalue weighted by atomic mass is 79.9. The Bertz CT molecular complexity index is 713. The fourth-order valence-electron chi connectivity index (χ4n) is 2.86. The van der Waals surface area contributed by atoms with Gasteiger partial charge in [-0.2, -0.15) is 0 Å². The van der Waals surface area contributed by atoms with Gasteiger partial charge in [-0.15, -0.1) is 0 Å². The van der Waals surface area contributed by atoms with E-state index in [1.807, 2.05) is 38.1 Å². The van der Waals surface area contributed by atoms with E-state index in [2.05, 4.69) is 32.3 Å². The van der Waals surface area contributed by atoms with Crippen LogP contribution in [0.15, 0.2) is 41.0 Å². The van der Waals surface area contributed by atoms with E-state index in [4.69, 9.17) is 4.74 Å². The molecule has 1 saturated heterocycles. The average Bonchev–Trinajstić information content (AvgIpc) is 2.97. The predicted octanol–water partition coefficient (Wildman–Crippen LogP) is 4.15. The summed E-state index contributed by atoms with van der Waals surface area (Å²) in [5, 5.41) is 2.97. The molecule has 1 atom stereocenters. The monoisotopic (exact) mass is 389 g/mol. The lowest BCUT2D eigenvalue weighted by Crippen LogP contribution is -2.34. The molecule has 1 unspecified atom stereocenters. The summed E-state index contributed by atoms with van der Waals surface area (Å²) in [6.07, 6.45) is 2.48. The second kappa shape index (κ2) is 7.21. The number of nitrogens with zero attached hydrogens (tertiary/aromatic N) is 2. The van der Waals surface area contributed by atoms with Gasteiger partial charge in [-0.3, -0.25) is 0 Å². The maximum absolute atomic E-state index is 12.4. The molecule has 0 bridgehead atoms. The van der Waals surface area contributed by atoms with Crippen molar-refractivity contribution >= 4 is 27.6 Å². The number of benzene rings is 1. The smallest absolute Gasteiger partial charge is 0.321 e. The number of amides is 2. The molecule has 6 heteroatoms. The highest BCUT2D eigenvalue weighted by Crippen LogP contribution is 2.20. The van der Waals surface area contributed by atoms with Gasteiger partial charge in [0.15, 0.2) is 0 Å².